The van der Waals surface area contributed by atoms with E-state index < -0.39 is 10.0 Å². The molecular weight excluding hydrogens is 206 g/mol. The molecule has 0 spiro atoms. The van der Waals surface area contributed by atoms with Crippen LogP contribution in [0, 0.1) is 5.41 Å². The highest BCUT2D eigenvalue weighted by molar-refractivity contribution is 8.16. The van der Waals surface area contributed by atoms with Crippen LogP contribution in [0.4, 0.5) is 0 Å². The van der Waals surface area contributed by atoms with Gasteiger partial charge in [-0.1, -0.05) is 27.7 Å². The second kappa shape index (κ2) is 3.28. The standard InChI is InChI=1S/C8H15NO2S2/c1-6-5-13(10,11)9-7(12-6)8(2,3)4/h6H,5H2,1-4H3. The Bertz CT molecular complexity index is 325. The predicted molar refractivity (Wildman–Crippen MR) is 57.7 cm³/mol. The van der Waals surface area contributed by atoms with E-state index in [2.05, 4.69) is 4.40 Å². The largest absolute Gasteiger partial charge is 0.254 e. The van der Waals surface area contributed by atoms with Crippen molar-refractivity contribution in [3.05, 3.63) is 0 Å². The van der Waals surface area contributed by atoms with Gasteiger partial charge in [-0.25, -0.2) is 8.42 Å². The van der Waals surface area contributed by atoms with Crippen LogP contribution in [-0.2, 0) is 10.0 Å². The summed E-state index contributed by atoms with van der Waals surface area (Å²) < 4.78 is 26.4. The van der Waals surface area contributed by atoms with Crippen LogP contribution < -0.4 is 0 Å². The molecule has 0 aromatic carbocycles. The second-order valence-corrected chi connectivity index (χ2v) is 7.43. The average Bonchev–Trinajstić information content (AvgIpc) is 1.79. The first-order valence-electron chi connectivity index (χ1n) is 4.20. The maximum absolute atomic E-state index is 11.3. The minimum absolute atomic E-state index is 0.122. The monoisotopic (exact) mass is 221 g/mol. The zero-order valence-electron chi connectivity index (χ0n) is 8.36. The number of hydrogen-bond acceptors (Lipinski definition) is 3. The fourth-order valence-corrected chi connectivity index (χ4v) is 4.25. The Morgan fingerprint density at radius 2 is 2.00 bits per heavy atom. The van der Waals surface area contributed by atoms with Crippen molar-refractivity contribution in [1.82, 2.24) is 0 Å². The first kappa shape index (κ1) is 11.0. The second-order valence-electron chi connectivity index (χ2n) is 4.32. The number of rotatable bonds is 0. The molecular formula is C8H15NO2S2. The topological polar surface area (TPSA) is 46.5 Å². The first-order valence-corrected chi connectivity index (χ1v) is 6.69. The zero-order chi connectivity index (χ0) is 10.3. The summed E-state index contributed by atoms with van der Waals surface area (Å²) >= 11 is 1.57. The maximum Gasteiger partial charge on any atom is 0.254 e. The third kappa shape index (κ3) is 2.98. The summed E-state index contributed by atoms with van der Waals surface area (Å²) in [5, 5.41) is 0.850. The van der Waals surface area contributed by atoms with Crippen LogP contribution >= 0.6 is 11.8 Å². The summed E-state index contributed by atoms with van der Waals surface area (Å²) in [6.07, 6.45) is 0. The van der Waals surface area contributed by atoms with Crippen LogP contribution in [0.5, 0.6) is 0 Å². The van der Waals surface area contributed by atoms with Gasteiger partial charge < -0.3 is 0 Å². The summed E-state index contributed by atoms with van der Waals surface area (Å²) in [4.78, 5) is 0. The molecule has 1 heterocycles. The van der Waals surface area contributed by atoms with E-state index in [9.17, 15) is 8.42 Å². The van der Waals surface area contributed by atoms with Gasteiger partial charge in [0.25, 0.3) is 10.0 Å². The molecule has 1 aliphatic heterocycles. The molecule has 1 unspecified atom stereocenters. The first-order chi connectivity index (χ1) is 5.71. The Hall–Kier alpha value is -0.0300. The zero-order valence-corrected chi connectivity index (χ0v) is 10.00. The van der Waals surface area contributed by atoms with Crippen molar-refractivity contribution in [3.8, 4) is 0 Å². The Balaban J connectivity index is 3.07. The summed E-state index contributed by atoms with van der Waals surface area (Å²) in [6, 6.07) is 0. The molecule has 3 nitrogen and oxygen atoms in total. The van der Waals surface area contributed by atoms with Crippen LogP contribution in [0.2, 0.25) is 0 Å². The van der Waals surface area contributed by atoms with Crippen molar-refractivity contribution in [3.63, 3.8) is 0 Å². The fraction of sp³-hybridized carbons (Fsp3) is 0.875. The molecule has 1 atom stereocenters. The van der Waals surface area contributed by atoms with Crippen molar-refractivity contribution in [2.24, 2.45) is 9.81 Å². The van der Waals surface area contributed by atoms with E-state index in [4.69, 9.17) is 0 Å². The van der Waals surface area contributed by atoms with E-state index in [0.717, 1.165) is 5.04 Å². The minimum Gasteiger partial charge on any atom is -0.205 e. The molecule has 0 aliphatic carbocycles. The fourth-order valence-electron chi connectivity index (χ4n) is 1.02. The third-order valence-electron chi connectivity index (χ3n) is 1.62. The van der Waals surface area contributed by atoms with Gasteiger partial charge in [0, 0.05) is 10.7 Å². The highest BCUT2D eigenvalue weighted by Crippen LogP contribution is 2.32. The van der Waals surface area contributed by atoms with Crippen LogP contribution in [0.1, 0.15) is 27.7 Å². The number of thioether (sulfide) groups is 1. The molecule has 1 aliphatic rings. The Labute approximate surface area is 84.1 Å². The number of hydrogen-bond donors (Lipinski definition) is 0. The lowest BCUT2D eigenvalue weighted by Crippen LogP contribution is -2.28. The van der Waals surface area contributed by atoms with Crippen LogP contribution in [0.25, 0.3) is 0 Å². The highest BCUT2D eigenvalue weighted by Gasteiger charge is 2.30. The number of nitrogens with zero attached hydrogens (tertiary/aromatic N) is 1. The third-order valence-corrected chi connectivity index (χ3v) is 4.83. The van der Waals surface area contributed by atoms with E-state index in [1.165, 1.54) is 0 Å². The quantitative estimate of drug-likeness (QED) is 0.627. The molecule has 0 saturated carbocycles. The molecule has 0 bridgehead atoms. The smallest absolute Gasteiger partial charge is 0.205 e. The van der Waals surface area contributed by atoms with Crippen LogP contribution in [0.15, 0.2) is 4.40 Å². The molecule has 76 valence electrons. The average molecular weight is 221 g/mol. The van der Waals surface area contributed by atoms with E-state index in [-0.39, 0.29) is 16.4 Å². The molecule has 1 rings (SSSR count). The summed E-state index contributed by atoms with van der Waals surface area (Å²) in [5.74, 6) is 0.164. The van der Waals surface area contributed by atoms with Gasteiger partial charge in [0.05, 0.1) is 10.8 Å². The molecule has 0 N–H and O–H groups in total. The molecule has 5 heteroatoms. The molecule has 0 saturated heterocycles. The van der Waals surface area contributed by atoms with E-state index in [1.54, 1.807) is 11.8 Å². The summed E-state index contributed by atoms with van der Waals surface area (Å²) in [7, 11) is -3.20. The van der Waals surface area contributed by atoms with E-state index in [1.807, 2.05) is 27.7 Å². The highest BCUT2D eigenvalue weighted by atomic mass is 32.2. The Kier molecular flexibility index (Phi) is 2.78. The Morgan fingerprint density at radius 3 is 2.38 bits per heavy atom. The minimum atomic E-state index is -3.20. The van der Waals surface area contributed by atoms with Gasteiger partial charge in [0.15, 0.2) is 0 Å². The lowest BCUT2D eigenvalue weighted by molar-refractivity contribution is 0.585. The molecule has 0 fully saturated rings. The van der Waals surface area contributed by atoms with Crippen molar-refractivity contribution in [2.75, 3.05) is 5.75 Å². The predicted octanol–water partition coefficient (Wildman–Crippen LogP) is 1.90. The molecule has 0 aromatic rings. The normalized spacial score (nSPS) is 28.3. The van der Waals surface area contributed by atoms with Gasteiger partial charge in [0.2, 0.25) is 0 Å². The van der Waals surface area contributed by atoms with E-state index >= 15 is 0 Å². The lowest BCUT2D eigenvalue weighted by atomic mass is 9.99. The van der Waals surface area contributed by atoms with E-state index in [0.29, 0.717) is 0 Å². The van der Waals surface area contributed by atoms with Crippen LogP contribution in [-0.4, -0.2) is 24.5 Å². The van der Waals surface area contributed by atoms with Gasteiger partial charge in [-0.3, -0.25) is 0 Å². The molecule has 0 radical (unpaired) electrons. The maximum atomic E-state index is 11.3. The van der Waals surface area contributed by atoms with Crippen molar-refractivity contribution in [1.29, 1.82) is 0 Å². The summed E-state index contributed by atoms with van der Waals surface area (Å²) in [6.45, 7) is 7.85. The number of sulfonamides is 1. The van der Waals surface area contributed by atoms with Crippen molar-refractivity contribution < 1.29 is 8.42 Å². The van der Waals surface area contributed by atoms with Gasteiger partial charge in [-0.2, -0.15) is 4.40 Å². The van der Waals surface area contributed by atoms with Gasteiger partial charge >= 0.3 is 0 Å². The Morgan fingerprint density at radius 1 is 1.46 bits per heavy atom. The van der Waals surface area contributed by atoms with Gasteiger partial charge in [-0.15, -0.1) is 11.8 Å². The molecule has 0 amide bonds. The molecule has 0 aromatic heterocycles. The summed E-state index contributed by atoms with van der Waals surface area (Å²) in [5.41, 5.74) is -0.160. The van der Waals surface area contributed by atoms with Gasteiger partial charge in [0.1, 0.15) is 0 Å². The van der Waals surface area contributed by atoms with Crippen LogP contribution in [0.3, 0.4) is 0 Å². The molecule has 13 heavy (non-hydrogen) atoms. The van der Waals surface area contributed by atoms with Crippen molar-refractivity contribution in [2.45, 2.75) is 32.9 Å². The SMILES string of the molecule is CC1CS(=O)(=O)N=C(C(C)(C)C)S1. The van der Waals surface area contributed by atoms with Crippen molar-refractivity contribution >= 4 is 26.8 Å². The van der Waals surface area contributed by atoms with Gasteiger partial charge in [-0.05, 0) is 0 Å². The lowest BCUT2D eigenvalue weighted by Gasteiger charge is -2.26.